The summed E-state index contributed by atoms with van der Waals surface area (Å²) in [5, 5.41) is 7.74. The quantitative estimate of drug-likeness (QED) is 0.895. The van der Waals surface area contributed by atoms with Gasteiger partial charge in [-0.15, -0.1) is 0 Å². The lowest BCUT2D eigenvalue weighted by atomic mass is 10.1. The first-order valence-corrected chi connectivity index (χ1v) is 6.70. The van der Waals surface area contributed by atoms with E-state index in [0.717, 1.165) is 25.3 Å². The minimum atomic E-state index is 0.0935. The van der Waals surface area contributed by atoms with Gasteiger partial charge in [0.2, 0.25) is 0 Å². The molecule has 1 N–H and O–H groups in total. The first kappa shape index (κ1) is 13.7. The molecule has 1 heterocycles. The van der Waals surface area contributed by atoms with Gasteiger partial charge in [-0.05, 0) is 32.8 Å². The normalized spacial score (nSPS) is 11.7. The van der Waals surface area contributed by atoms with Crippen LogP contribution in [0, 0.1) is 0 Å². The minimum Gasteiger partial charge on any atom is -0.305 e. The van der Waals surface area contributed by atoms with Gasteiger partial charge in [0.05, 0.1) is 6.54 Å². The molecule has 0 amide bonds. The Labute approximate surface area is 114 Å². The fourth-order valence-electron chi connectivity index (χ4n) is 1.84. The number of nitrogens with zero attached hydrogens (tertiary/aromatic N) is 3. The Morgan fingerprint density at radius 1 is 1.16 bits per heavy atom. The molecule has 0 aliphatic heterocycles. The molecule has 0 aliphatic carbocycles. The zero-order chi connectivity index (χ0) is 13.7. The van der Waals surface area contributed by atoms with E-state index < -0.39 is 0 Å². The van der Waals surface area contributed by atoms with Crippen molar-refractivity contribution in [1.29, 1.82) is 0 Å². The van der Waals surface area contributed by atoms with Crippen molar-refractivity contribution in [3.8, 4) is 0 Å². The van der Waals surface area contributed by atoms with Crippen LogP contribution in [0.15, 0.2) is 36.7 Å². The third-order valence-electron chi connectivity index (χ3n) is 2.93. The van der Waals surface area contributed by atoms with Crippen molar-refractivity contribution in [2.24, 2.45) is 0 Å². The predicted molar refractivity (Wildman–Crippen MR) is 76.8 cm³/mol. The highest BCUT2D eigenvalue weighted by Gasteiger charge is 2.11. The summed E-state index contributed by atoms with van der Waals surface area (Å²) in [6.45, 7) is 8.07. The summed E-state index contributed by atoms with van der Waals surface area (Å²) in [6.07, 6.45) is 2.61. The lowest BCUT2D eigenvalue weighted by molar-refractivity contribution is 0.407. The van der Waals surface area contributed by atoms with Crippen LogP contribution in [0.3, 0.4) is 0 Å². The fraction of sp³-hybridized carbons (Fsp3) is 0.467. The minimum absolute atomic E-state index is 0.0935. The summed E-state index contributed by atoms with van der Waals surface area (Å²) in [5.74, 6) is 0.992. The van der Waals surface area contributed by atoms with Crippen LogP contribution in [-0.4, -0.2) is 20.3 Å². The first-order chi connectivity index (χ1) is 9.04. The molecule has 0 spiro atoms. The molecule has 0 atom stereocenters. The van der Waals surface area contributed by atoms with Crippen LogP contribution >= 0.6 is 0 Å². The van der Waals surface area contributed by atoms with Gasteiger partial charge in [-0.2, -0.15) is 5.10 Å². The Bertz CT molecular complexity index is 496. The fourth-order valence-corrected chi connectivity index (χ4v) is 1.84. The Hall–Kier alpha value is -1.68. The lowest BCUT2D eigenvalue weighted by Gasteiger charge is -2.20. The molecule has 4 heteroatoms. The summed E-state index contributed by atoms with van der Waals surface area (Å²) >= 11 is 0. The molecule has 0 saturated carbocycles. The Balaban J connectivity index is 1.92. The number of benzene rings is 1. The summed E-state index contributed by atoms with van der Waals surface area (Å²) in [5.41, 5.74) is 1.42. The highest BCUT2D eigenvalue weighted by molar-refractivity contribution is 5.14. The molecule has 102 valence electrons. The second kappa shape index (κ2) is 5.97. The molecule has 1 aromatic heterocycles. The maximum atomic E-state index is 4.32. The molecule has 2 rings (SSSR count). The Morgan fingerprint density at radius 3 is 2.58 bits per heavy atom. The van der Waals surface area contributed by atoms with Gasteiger partial charge in [-0.3, -0.25) is 0 Å². The summed E-state index contributed by atoms with van der Waals surface area (Å²) in [7, 11) is 0. The van der Waals surface area contributed by atoms with Gasteiger partial charge >= 0.3 is 0 Å². The molecule has 0 radical (unpaired) electrons. The molecular formula is C15H22N4. The van der Waals surface area contributed by atoms with Crippen molar-refractivity contribution in [1.82, 2.24) is 20.1 Å². The third kappa shape index (κ3) is 4.48. The van der Waals surface area contributed by atoms with E-state index in [-0.39, 0.29) is 5.54 Å². The molecular weight excluding hydrogens is 236 g/mol. The smallest absolute Gasteiger partial charge is 0.140 e. The molecule has 0 saturated heterocycles. The summed E-state index contributed by atoms with van der Waals surface area (Å²) in [6, 6.07) is 10.5. The number of aryl methyl sites for hydroxylation is 2. The summed E-state index contributed by atoms with van der Waals surface area (Å²) < 4.78 is 1.98. The molecule has 4 nitrogen and oxygen atoms in total. The maximum absolute atomic E-state index is 4.32. The van der Waals surface area contributed by atoms with Crippen LogP contribution in [0.5, 0.6) is 0 Å². The van der Waals surface area contributed by atoms with Crippen molar-refractivity contribution < 1.29 is 0 Å². The van der Waals surface area contributed by atoms with Crippen molar-refractivity contribution in [2.75, 3.05) is 0 Å². The number of hydrogen-bond donors (Lipinski definition) is 1. The van der Waals surface area contributed by atoms with E-state index in [1.807, 2.05) is 10.7 Å². The average Bonchev–Trinajstić information content (AvgIpc) is 2.82. The van der Waals surface area contributed by atoms with E-state index in [9.17, 15) is 0 Å². The van der Waals surface area contributed by atoms with Crippen molar-refractivity contribution in [3.63, 3.8) is 0 Å². The predicted octanol–water partition coefficient (Wildman–Crippen LogP) is 2.41. The standard InChI is InChI=1S/C15H22N4/c1-15(2,3)17-11-14-16-12-18-19(14)10-9-13-7-5-4-6-8-13/h4-8,12,17H,9-11H2,1-3H3. The van der Waals surface area contributed by atoms with Crippen LogP contribution in [0.2, 0.25) is 0 Å². The SMILES string of the molecule is CC(C)(C)NCc1ncnn1CCc1ccccc1. The largest absolute Gasteiger partial charge is 0.305 e. The maximum Gasteiger partial charge on any atom is 0.140 e. The topological polar surface area (TPSA) is 42.7 Å². The molecule has 1 aromatic carbocycles. The van der Waals surface area contributed by atoms with Gasteiger partial charge in [0.25, 0.3) is 0 Å². The highest BCUT2D eigenvalue weighted by Crippen LogP contribution is 2.05. The molecule has 2 aromatic rings. The Kier molecular flexibility index (Phi) is 4.32. The van der Waals surface area contributed by atoms with E-state index in [2.05, 4.69) is 60.4 Å². The molecule has 0 aliphatic rings. The van der Waals surface area contributed by atoms with Gasteiger partial charge in [-0.25, -0.2) is 9.67 Å². The van der Waals surface area contributed by atoms with Crippen molar-refractivity contribution in [2.45, 2.75) is 45.8 Å². The molecule has 19 heavy (non-hydrogen) atoms. The van der Waals surface area contributed by atoms with E-state index in [0.29, 0.717) is 0 Å². The second-order valence-electron chi connectivity index (χ2n) is 5.74. The van der Waals surface area contributed by atoms with E-state index >= 15 is 0 Å². The van der Waals surface area contributed by atoms with Crippen LogP contribution in [0.4, 0.5) is 0 Å². The van der Waals surface area contributed by atoms with Crippen LogP contribution in [0.25, 0.3) is 0 Å². The van der Waals surface area contributed by atoms with Gasteiger partial charge in [0.15, 0.2) is 0 Å². The monoisotopic (exact) mass is 258 g/mol. The van der Waals surface area contributed by atoms with Gasteiger partial charge in [-0.1, -0.05) is 30.3 Å². The van der Waals surface area contributed by atoms with Crippen molar-refractivity contribution >= 4 is 0 Å². The third-order valence-corrected chi connectivity index (χ3v) is 2.93. The van der Waals surface area contributed by atoms with E-state index in [1.54, 1.807) is 6.33 Å². The molecule has 0 unspecified atom stereocenters. The number of nitrogens with one attached hydrogen (secondary N) is 1. The van der Waals surface area contributed by atoms with Crippen LogP contribution in [-0.2, 0) is 19.5 Å². The number of rotatable bonds is 5. The number of hydrogen-bond acceptors (Lipinski definition) is 3. The Morgan fingerprint density at radius 2 is 1.89 bits per heavy atom. The van der Waals surface area contributed by atoms with Gasteiger partial charge in [0, 0.05) is 12.1 Å². The summed E-state index contributed by atoms with van der Waals surface area (Å²) in [4.78, 5) is 4.32. The first-order valence-electron chi connectivity index (χ1n) is 6.70. The van der Waals surface area contributed by atoms with Gasteiger partial charge < -0.3 is 5.32 Å². The van der Waals surface area contributed by atoms with Crippen LogP contribution < -0.4 is 5.32 Å². The number of aromatic nitrogens is 3. The van der Waals surface area contributed by atoms with Crippen LogP contribution in [0.1, 0.15) is 32.2 Å². The van der Waals surface area contributed by atoms with E-state index in [4.69, 9.17) is 0 Å². The second-order valence-corrected chi connectivity index (χ2v) is 5.74. The average molecular weight is 258 g/mol. The zero-order valence-corrected chi connectivity index (χ0v) is 11.9. The molecule has 0 bridgehead atoms. The molecule has 0 fully saturated rings. The zero-order valence-electron chi connectivity index (χ0n) is 11.9. The highest BCUT2D eigenvalue weighted by atomic mass is 15.3. The van der Waals surface area contributed by atoms with Gasteiger partial charge in [0.1, 0.15) is 12.2 Å². The van der Waals surface area contributed by atoms with Crippen molar-refractivity contribution in [3.05, 3.63) is 48.0 Å². The lowest BCUT2D eigenvalue weighted by Crippen LogP contribution is -2.36. The van der Waals surface area contributed by atoms with E-state index in [1.165, 1.54) is 5.56 Å².